The third-order valence-corrected chi connectivity index (χ3v) is 5.72. The Kier molecular flexibility index (Phi) is 6.45. The molecule has 3 aromatic rings. The molecule has 1 aliphatic heterocycles. The summed E-state index contributed by atoms with van der Waals surface area (Å²) in [5.74, 6) is 0.841. The number of fused-ring (bicyclic) bond motifs is 1. The molecule has 0 amide bonds. The minimum Gasteiger partial charge on any atom is -0.493 e. The molecule has 0 radical (unpaired) electrons. The Morgan fingerprint density at radius 2 is 1.97 bits per heavy atom. The Bertz CT molecular complexity index is 1330. The Labute approximate surface area is 191 Å². The van der Waals surface area contributed by atoms with E-state index in [1.54, 1.807) is 24.3 Å². The summed E-state index contributed by atoms with van der Waals surface area (Å²) in [5, 5.41) is 5.15. The first-order chi connectivity index (χ1) is 15.3. The predicted octanol–water partition coefficient (Wildman–Crippen LogP) is 3.69. The molecule has 0 saturated carbocycles. The van der Waals surface area contributed by atoms with Crippen LogP contribution in [0, 0.1) is 0 Å². The van der Waals surface area contributed by atoms with Crippen LogP contribution in [0.1, 0.15) is 16.7 Å². The smallest absolute Gasteiger partial charge is 0.272 e. The van der Waals surface area contributed by atoms with Gasteiger partial charge in [0.25, 0.3) is 15.7 Å². The number of ether oxygens (including phenoxy) is 1. The van der Waals surface area contributed by atoms with Gasteiger partial charge < -0.3 is 4.74 Å². The SMILES string of the molecule is CS(=O)(=O)OCc1cc(-c2ccc3c(c2)CCO3)nn(CC=Cc2ccc(Cl)cc2)c1=O. The average molecular weight is 473 g/mol. The number of hydrogen-bond acceptors (Lipinski definition) is 6. The van der Waals surface area contributed by atoms with E-state index in [4.69, 9.17) is 20.5 Å². The summed E-state index contributed by atoms with van der Waals surface area (Å²) in [6.07, 6.45) is 5.41. The van der Waals surface area contributed by atoms with Crippen molar-refractivity contribution < 1.29 is 17.3 Å². The largest absolute Gasteiger partial charge is 0.493 e. The highest BCUT2D eigenvalue weighted by Crippen LogP contribution is 2.29. The van der Waals surface area contributed by atoms with Crippen LogP contribution in [0.4, 0.5) is 0 Å². The summed E-state index contributed by atoms with van der Waals surface area (Å²) >= 11 is 5.91. The maximum Gasteiger partial charge on any atom is 0.272 e. The first kappa shape index (κ1) is 22.3. The fourth-order valence-corrected chi connectivity index (χ4v) is 3.81. The monoisotopic (exact) mass is 472 g/mol. The molecular weight excluding hydrogens is 452 g/mol. The second kappa shape index (κ2) is 9.28. The highest BCUT2D eigenvalue weighted by atomic mass is 35.5. The minimum atomic E-state index is -3.70. The van der Waals surface area contributed by atoms with E-state index in [1.165, 1.54) is 4.68 Å². The highest BCUT2D eigenvalue weighted by molar-refractivity contribution is 7.85. The van der Waals surface area contributed by atoms with Crippen LogP contribution in [0.3, 0.4) is 0 Å². The second-order valence-electron chi connectivity index (χ2n) is 7.38. The number of allylic oxidation sites excluding steroid dienone is 1. The van der Waals surface area contributed by atoms with Crippen LogP contribution in [0.2, 0.25) is 5.02 Å². The average Bonchev–Trinajstić information content (AvgIpc) is 3.22. The van der Waals surface area contributed by atoms with Crippen molar-refractivity contribution >= 4 is 27.8 Å². The van der Waals surface area contributed by atoms with Crippen molar-refractivity contribution in [2.75, 3.05) is 12.9 Å². The van der Waals surface area contributed by atoms with Gasteiger partial charge in [0, 0.05) is 22.6 Å². The van der Waals surface area contributed by atoms with Gasteiger partial charge in [-0.15, -0.1) is 0 Å². The van der Waals surface area contributed by atoms with E-state index < -0.39 is 15.7 Å². The van der Waals surface area contributed by atoms with Crippen molar-refractivity contribution in [3.8, 4) is 17.0 Å². The molecular formula is C23H21ClN2O5S. The van der Waals surface area contributed by atoms with Gasteiger partial charge in [0.05, 0.1) is 31.7 Å². The summed E-state index contributed by atoms with van der Waals surface area (Å²) in [5.41, 5.74) is 3.15. The lowest BCUT2D eigenvalue weighted by Crippen LogP contribution is -2.27. The van der Waals surface area contributed by atoms with Gasteiger partial charge in [0.1, 0.15) is 5.75 Å². The lowest BCUT2D eigenvalue weighted by molar-refractivity contribution is 0.308. The molecule has 0 N–H and O–H groups in total. The van der Waals surface area contributed by atoms with Crippen LogP contribution in [-0.4, -0.2) is 31.1 Å². The standard InChI is InChI=1S/C23H21ClN2O5S/c1-32(28,29)31-15-19-14-21(17-6-9-22-18(13-17)10-12-30-22)25-26(23(19)27)11-2-3-16-4-7-20(24)8-5-16/h2-9,13-14H,10-12,15H2,1H3. The second-order valence-corrected chi connectivity index (χ2v) is 9.46. The molecule has 1 aromatic heterocycles. The number of hydrogen-bond donors (Lipinski definition) is 0. The normalized spacial score (nSPS) is 13.3. The van der Waals surface area contributed by atoms with Gasteiger partial charge in [0.15, 0.2) is 0 Å². The van der Waals surface area contributed by atoms with Gasteiger partial charge in [0.2, 0.25) is 0 Å². The van der Waals surface area contributed by atoms with Crippen LogP contribution >= 0.6 is 11.6 Å². The van der Waals surface area contributed by atoms with Gasteiger partial charge in [-0.05, 0) is 47.5 Å². The summed E-state index contributed by atoms with van der Waals surface area (Å²) in [6.45, 7) is 0.478. The zero-order valence-electron chi connectivity index (χ0n) is 17.3. The van der Waals surface area contributed by atoms with Gasteiger partial charge in [-0.25, -0.2) is 4.68 Å². The van der Waals surface area contributed by atoms with Crippen molar-refractivity contribution in [1.29, 1.82) is 0 Å². The van der Waals surface area contributed by atoms with Crippen molar-refractivity contribution in [3.05, 3.63) is 86.7 Å². The fourth-order valence-electron chi connectivity index (χ4n) is 3.34. The van der Waals surface area contributed by atoms with Crippen LogP contribution in [0.25, 0.3) is 17.3 Å². The van der Waals surface area contributed by atoms with Crippen LogP contribution in [-0.2, 0) is 33.9 Å². The lowest BCUT2D eigenvalue weighted by Gasteiger charge is -2.10. The maximum absolute atomic E-state index is 12.9. The van der Waals surface area contributed by atoms with E-state index in [-0.39, 0.29) is 18.7 Å². The number of benzene rings is 2. The van der Waals surface area contributed by atoms with E-state index >= 15 is 0 Å². The molecule has 32 heavy (non-hydrogen) atoms. The van der Waals surface area contributed by atoms with Crippen molar-refractivity contribution in [1.82, 2.24) is 9.78 Å². The number of aromatic nitrogens is 2. The highest BCUT2D eigenvalue weighted by Gasteiger charge is 2.16. The van der Waals surface area contributed by atoms with Crippen molar-refractivity contribution in [2.45, 2.75) is 19.6 Å². The Morgan fingerprint density at radius 1 is 1.19 bits per heavy atom. The molecule has 2 heterocycles. The van der Waals surface area contributed by atoms with E-state index in [0.717, 1.165) is 35.1 Å². The molecule has 0 aliphatic carbocycles. The molecule has 4 rings (SSSR count). The first-order valence-electron chi connectivity index (χ1n) is 9.92. The van der Waals surface area contributed by atoms with Gasteiger partial charge in [-0.2, -0.15) is 13.5 Å². The molecule has 0 unspecified atom stereocenters. The van der Waals surface area contributed by atoms with Crippen LogP contribution < -0.4 is 10.3 Å². The van der Waals surface area contributed by atoms with Crippen LogP contribution in [0.5, 0.6) is 5.75 Å². The molecule has 1 aliphatic rings. The number of nitrogens with zero attached hydrogens (tertiary/aromatic N) is 2. The summed E-state index contributed by atoms with van der Waals surface area (Å²) < 4.78 is 34.6. The minimum absolute atomic E-state index is 0.204. The topological polar surface area (TPSA) is 87.5 Å². The molecule has 0 saturated heterocycles. The van der Waals surface area contributed by atoms with E-state index in [2.05, 4.69) is 5.10 Å². The van der Waals surface area contributed by atoms with E-state index in [1.807, 2.05) is 36.4 Å². The van der Waals surface area contributed by atoms with Crippen LogP contribution in [0.15, 0.2) is 59.4 Å². The summed E-state index contributed by atoms with van der Waals surface area (Å²) in [4.78, 5) is 12.9. The van der Waals surface area contributed by atoms with Gasteiger partial charge >= 0.3 is 0 Å². The third-order valence-electron chi connectivity index (χ3n) is 4.92. The maximum atomic E-state index is 12.9. The number of rotatable bonds is 7. The molecule has 9 heteroatoms. The zero-order chi connectivity index (χ0) is 22.7. The van der Waals surface area contributed by atoms with E-state index in [0.29, 0.717) is 17.3 Å². The third kappa shape index (κ3) is 5.45. The number of halogens is 1. The quantitative estimate of drug-likeness (QED) is 0.487. The van der Waals surface area contributed by atoms with Gasteiger partial charge in [-0.1, -0.05) is 35.9 Å². The molecule has 0 fully saturated rings. The molecule has 0 spiro atoms. The van der Waals surface area contributed by atoms with Gasteiger partial charge in [-0.3, -0.25) is 8.98 Å². The van der Waals surface area contributed by atoms with E-state index in [9.17, 15) is 13.2 Å². The first-order valence-corrected chi connectivity index (χ1v) is 12.1. The Balaban J connectivity index is 1.68. The fraction of sp³-hybridized carbons (Fsp3) is 0.217. The Morgan fingerprint density at radius 3 is 2.72 bits per heavy atom. The van der Waals surface area contributed by atoms with Crippen molar-refractivity contribution in [3.63, 3.8) is 0 Å². The predicted molar refractivity (Wildman–Crippen MR) is 123 cm³/mol. The summed E-state index contributed by atoms with van der Waals surface area (Å²) in [6, 6.07) is 14.6. The molecule has 0 atom stereocenters. The molecule has 166 valence electrons. The molecule has 2 aromatic carbocycles. The lowest BCUT2D eigenvalue weighted by atomic mass is 10.1. The van der Waals surface area contributed by atoms with Crippen molar-refractivity contribution in [2.24, 2.45) is 0 Å². The Hall–Kier alpha value is -2.94. The zero-order valence-corrected chi connectivity index (χ0v) is 18.9. The summed E-state index contributed by atoms with van der Waals surface area (Å²) in [7, 11) is -3.70. The molecule has 7 nitrogen and oxygen atoms in total. The molecule has 0 bridgehead atoms.